The fourth-order valence-electron chi connectivity index (χ4n) is 11.5. The zero-order valence-electron chi connectivity index (χ0n) is 53.0. The van der Waals surface area contributed by atoms with Gasteiger partial charge in [0.25, 0.3) is 23.6 Å². The predicted octanol–water partition coefficient (Wildman–Crippen LogP) is 4.89. The molecular weight excluding hydrogens is 1420 g/mol. The number of rotatable bonds is 7. The van der Waals surface area contributed by atoms with Crippen LogP contribution in [-0.2, 0) is 56.0 Å². The van der Waals surface area contributed by atoms with Gasteiger partial charge in [0, 0.05) is 49.8 Å². The average molecular weight is 1480 g/mol. The van der Waals surface area contributed by atoms with Crippen molar-refractivity contribution in [2.75, 3.05) is 27.8 Å². The Kier molecular flexibility index (Phi) is 20.5. The number of benzene rings is 1. The van der Waals surface area contributed by atoms with Crippen LogP contribution in [0.2, 0.25) is 0 Å². The zero-order valence-corrected chi connectivity index (χ0v) is 57.1. The van der Waals surface area contributed by atoms with Crippen molar-refractivity contribution in [2.45, 2.75) is 114 Å². The van der Waals surface area contributed by atoms with Crippen molar-refractivity contribution in [3.8, 4) is 38.4 Å². The highest BCUT2D eigenvalue weighted by Crippen LogP contribution is 2.43. The van der Waals surface area contributed by atoms with E-state index in [1.807, 2.05) is 0 Å². The van der Waals surface area contributed by atoms with E-state index in [4.69, 9.17) is 59.0 Å². The summed E-state index contributed by atoms with van der Waals surface area (Å²) in [6.07, 6.45) is -12.5. The molecule has 1 saturated heterocycles. The number of aliphatic carboxylic acids is 1. The normalized spacial score (nSPS) is 23.9. The van der Waals surface area contributed by atoms with Crippen LogP contribution in [0, 0.1) is 0 Å². The van der Waals surface area contributed by atoms with E-state index < -0.39 is 145 Å². The lowest BCUT2D eigenvalue weighted by molar-refractivity contribution is -0.280. The molecule has 11 N–H and O–H groups in total. The van der Waals surface area contributed by atoms with Crippen molar-refractivity contribution < 1.29 is 106 Å². The number of nitrogens with zero attached hydrogens (tertiary/aromatic N) is 8. The summed E-state index contributed by atoms with van der Waals surface area (Å²) in [6, 6.07) is 0.794. The minimum Gasteiger partial charge on any atom is -0.506 e. The number of aliphatic hydroxyl groups is 2. The molecule has 0 saturated carbocycles. The number of primary amides is 1. The van der Waals surface area contributed by atoms with Gasteiger partial charge < -0.3 is 86.0 Å². The number of cyclic esters (lactones) is 2. The van der Waals surface area contributed by atoms with Crippen LogP contribution in [0.3, 0.4) is 0 Å². The van der Waals surface area contributed by atoms with E-state index >= 15 is 9.59 Å². The number of aliphatic hydroxyl groups excluding tert-OH is 1. The summed E-state index contributed by atoms with van der Waals surface area (Å²) < 4.78 is 69.9. The summed E-state index contributed by atoms with van der Waals surface area (Å²) in [5.74, 6) is -9.83. The molecule has 4 aliphatic rings. The molecule has 10 atom stereocenters. The highest BCUT2D eigenvalue weighted by Gasteiger charge is 2.50. The van der Waals surface area contributed by atoms with E-state index in [1.165, 1.54) is 54.6 Å². The van der Waals surface area contributed by atoms with E-state index in [-0.39, 0.29) is 105 Å². The van der Waals surface area contributed by atoms with E-state index in [0.29, 0.717) is 10.3 Å². The number of methoxy groups -OCH3 is 1. The Morgan fingerprint density at radius 1 is 0.840 bits per heavy atom. The summed E-state index contributed by atoms with van der Waals surface area (Å²) in [6.45, 7) is 4.33. The number of halogens is 3. The van der Waals surface area contributed by atoms with Gasteiger partial charge in [0.1, 0.15) is 120 Å². The topological polar surface area (TPSA) is 453 Å². The minimum absolute atomic E-state index is 0.00497. The molecule has 0 radical (unpaired) electrons. The minimum atomic E-state index is -5.08. The van der Waals surface area contributed by atoms with Crippen LogP contribution in [0.5, 0.6) is 5.75 Å². The van der Waals surface area contributed by atoms with E-state index in [2.05, 4.69) is 36.2 Å². The second kappa shape index (κ2) is 28.6. The number of carboxylic acids is 1. The van der Waals surface area contributed by atoms with Gasteiger partial charge in [0.2, 0.25) is 5.91 Å². The lowest BCUT2D eigenvalue weighted by atomic mass is 9.85. The largest absolute Gasteiger partial charge is 0.506 e. The Labute approximate surface area is 581 Å². The number of carbonyl (C=O) groups excluding carboxylic acids is 7. The lowest BCUT2D eigenvalue weighted by Gasteiger charge is -2.48. The Hall–Kier alpha value is -9.49. The Morgan fingerprint density at radius 2 is 1.47 bits per heavy atom. The number of likely N-dealkylation sites (N-methyl/N-ethyl adjacent to an activating group) is 1. The molecule has 32 nitrogen and oxygen atoms in total. The van der Waals surface area contributed by atoms with Gasteiger partial charge in [-0.3, -0.25) is 24.0 Å². The Balaban J connectivity index is 0.00000137. The number of alkyl halides is 3. The monoisotopic (exact) mass is 1480 g/mol. The molecule has 528 valence electrons. The summed E-state index contributed by atoms with van der Waals surface area (Å²) >= 11 is 4.62. The van der Waals surface area contributed by atoms with Crippen LogP contribution in [0.25, 0.3) is 49.3 Å². The molecule has 11 heterocycles. The Bertz CT molecular complexity index is 4600. The number of thiazole rings is 5. The van der Waals surface area contributed by atoms with Gasteiger partial charge in [0.15, 0.2) is 18.1 Å². The third-order valence-corrected chi connectivity index (χ3v) is 20.5. The molecule has 0 aliphatic carbocycles. The number of fused-ring (bicyclic) bond motifs is 15. The number of amides is 5. The third kappa shape index (κ3) is 14.6. The van der Waals surface area contributed by atoms with Crippen molar-refractivity contribution in [1.29, 1.82) is 0 Å². The predicted molar refractivity (Wildman–Crippen MR) is 346 cm³/mol. The number of aromatic nitrogens is 7. The summed E-state index contributed by atoms with van der Waals surface area (Å²) in [5.41, 5.74) is 3.15. The van der Waals surface area contributed by atoms with Gasteiger partial charge in [-0.1, -0.05) is 12.1 Å². The number of hydrogen-bond donors (Lipinski definition) is 10. The number of pyridine rings is 1. The molecule has 7 aromatic heterocycles. The second-order valence-electron chi connectivity index (χ2n) is 23.2. The first kappa shape index (κ1) is 71.8. The van der Waals surface area contributed by atoms with Crippen molar-refractivity contribution in [3.05, 3.63) is 112 Å². The van der Waals surface area contributed by atoms with Gasteiger partial charge in [0.05, 0.1) is 43.1 Å². The molecule has 0 unspecified atom stereocenters. The van der Waals surface area contributed by atoms with Crippen LogP contribution in [0.15, 0.2) is 56.9 Å². The van der Waals surface area contributed by atoms with Crippen LogP contribution in [-0.4, -0.2) is 195 Å². The number of esters is 2. The molecule has 1 aromatic carbocycles. The Morgan fingerprint density at radius 3 is 2.13 bits per heavy atom. The SMILES string of the molecule is CO/C(C)=C1/NC(=O)[C@H]([C@@H](C)O)NC(=O)c2csc(n2)-c2cc(O)c(-c3nc(C(N)=O)cs3)nc2-c2csc(n2)[C@H]2COC(=O)c3c4c5c(cccc5n3O)COC(=O)[C@@H](O[C@@H]3C[C@@](C)(O)[C@@H](N(C)C)[C@H](C)O3)[C@@H](OC4)[C@H](NC(=O)c3csc1n3)c1nc(cs1)C(=O)N2.O=C(O)C(F)(F)F. The number of aromatic hydroxyl groups is 1. The van der Waals surface area contributed by atoms with Gasteiger partial charge in [-0.25, -0.2) is 44.3 Å². The van der Waals surface area contributed by atoms with Crippen LogP contribution < -0.4 is 27.0 Å². The molecule has 0 spiro atoms. The lowest BCUT2D eigenvalue weighted by Crippen LogP contribution is -2.62. The molecule has 4 aliphatic heterocycles. The first-order valence-electron chi connectivity index (χ1n) is 29.6. The number of carboxylic acid groups (broad SMARTS) is 1. The fourth-order valence-corrected chi connectivity index (χ4v) is 15.7. The molecule has 5 amide bonds. The molecule has 12 bridgehead atoms. The maximum Gasteiger partial charge on any atom is 0.490 e. The van der Waals surface area contributed by atoms with Crippen molar-refractivity contribution in [3.63, 3.8) is 0 Å². The first-order valence-corrected chi connectivity index (χ1v) is 34.0. The van der Waals surface area contributed by atoms with E-state index in [1.54, 1.807) is 50.4 Å². The number of ether oxygens (including phenoxy) is 6. The second-order valence-corrected chi connectivity index (χ2v) is 27.6. The van der Waals surface area contributed by atoms with Gasteiger partial charge in [-0.2, -0.15) is 17.9 Å². The van der Waals surface area contributed by atoms with Gasteiger partial charge in [-0.15, -0.1) is 56.7 Å². The number of hydrogen-bond acceptors (Lipinski definition) is 30. The number of nitrogens with two attached hydrogens (primary N) is 1. The number of nitrogens with one attached hydrogen (secondary N) is 4. The maximum absolute atomic E-state index is 15.1. The summed E-state index contributed by atoms with van der Waals surface area (Å²) in [7, 11) is 4.86. The third-order valence-electron chi connectivity index (χ3n) is 16.0. The molecule has 8 aromatic rings. The van der Waals surface area contributed by atoms with Crippen molar-refractivity contribution in [2.24, 2.45) is 5.73 Å². The zero-order chi connectivity index (χ0) is 72.1. The van der Waals surface area contributed by atoms with Crippen LogP contribution in [0.4, 0.5) is 13.2 Å². The first-order chi connectivity index (χ1) is 47.3. The van der Waals surface area contributed by atoms with Crippen molar-refractivity contribution >= 4 is 121 Å². The quantitative estimate of drug-likeness (QED) is 0.0576. The molecular formula is C60H58F3N13O19S5. The summed E-state index contributed by atoms with van der Waals surface area (Å²) in [5, 5.41) is 72.3. The highest BCUT2D eigenvalue weighted by molar-refractivity contribution is 7.14. The highest BCUT2D eigenvalue weighted by atomic mass is 32.1. The fraction of sp³-hybridized carbons (Fsp3) is 0.367. The number of allylic oxidation sites excluding steroid dienone is 1. The van der Waals surface area contributed by atoms with Gasteiger partial charge in [-0.05, 0) is 59.5 Å². The molecule has 40 heteroatoms. The standard InChI is InChI=1S/C58H57N13O17S5.C2HF3O2/c1-21(72)37-50(78)68-38(22(2)83-7)53-64-32(20-92-53)49(77)69-41-43-44(88-35-12-58(4,81)45(70(5)6)23(3)87-35)57(80)85-13-24-9-8-10-33-36(24)26(14-84-43)42(71(33)82)56(79)86-15-27(60-47(75)30-19-93-55(41)65-30)52-61-28(16-90-52)39-25(51-63-31(18-89-51)48(76)67-37)11-34(73)40(66-39)54-62-29(17-91-54)46(59)74;3-2(4,5)1(6)7/h8-11,16-21,23,27,35,37,41,43-45,72-73,81-82H,12-15H2,1-7H3,(H2,59,74)(H,60,75)(H,67,76)(H,68,78)(H,69,77);(H,6,7)/b38-22+;/t21-,23+,27-,35-,37+,41+,43+,44+,45+,58-;/m1./s1. The van der Waals surface area contributed by atoms with Gasteiger partial charge >= 0.3 is 24.1 Å². The number of carbonyl (C=O) groups is 8. The smallest absolute Gasteiger partial charge is 0.490 e. The van der Waals surface area contributed by atoms with E-state index in [9.17, 15) is 57.7 Å². The molecule has 100 heavy (non-hydrogen) atoms. The van der Waals surface area contributed by atoms with Crippen LogP contribution >= 0.6 is 56.7 Å². The van der Waals surface area contributed by atoms with Crippen molar-refractivity contribution in [1.82, 2.24) is 60.8 Å². The maximum atomic E-state index is 15.1. The van der Waals surface area contributed by atoms with Crippen LogP contribution in [0.1, 0.15) is 125 Å². The average Bonchev–Trinajstić information content (AvgIpc) is 1.57. The summed E-state index contributed by atoms with van der Waals surface area (Å²) in [4.78, 5) is 139. The van der Waals surface area contributed by atoms with E-state index in [0.717, 1.165) is 56.7 Å². The molecule has 1 fully saturated rings. The molecule has 12 rings (SSSR count).